The lowest BCUT2D eigenvalue weighted by molar-refractivity contribution is -0.175. The van der Waals surface area contributed by atoms with Crippen LogP contribution in [0.2, 0.25) is 0 Å². The summed E-state index contributed by atoms with van der Waals surface area (Å²) in [4.78, 5) is 39.1. The zero-order chi connectivity index (χ0) is 18.8. The molecule has 136 valence electrons. The van der Waals surface area contributed by atoms with Gasteiger partial charge in [-0.3, -0.25) is 9.59 Å². The second-order valence-electron chi connectivity index (χ2n) is 7.03. The van der Waals surface area contributed by atoms with Gasteiger partial charge in [-0.2, -0.15) is 0 Å². The number of esters is 1. The minimum atomic E-state index is -1.72. The molecule has 0 aromatic heterocycles. The number of likely N-dealkylation sites (N-methyl/N-ethyl adjacent to an activating group) is 2. The van der Waals surface area contributed by atoms with Crippen LogP contribution in [0.15, 0.2) is 30.3 Å². The van der Waals surface area contributed by atoms with Crippen molar-refractivity contribution >= 4 is 29.5 Å². The van der Waals surface area contributed by atoms with E-state index in [1.165, 1.54) is 23.9 Å². The standard InChI is InChI=1S/C18H24N2O4S/c1-17(2,3)24-16(23)18(25-12-13-9-7-6-8-10-13)15(22)19(4)11-14(21)20(18)5/h6-10H,11-12H2,1-5H3. The molecular weight excluding hydrogens is 340 g/mol. The second kappa shape index (κ2) is 7.07. The minimum absolute atomic E-state index is 0.0498. The van der Waals surface area contributed by atoms with E-state index >= 15 is 0 Å². The summed E-state index contributed by atoms with van der Waals surface area (Å²) in [6.07, 6.45) is 0. The largest absolute Gasteiger partial charge is 0.457 e. The van der Waals surface area contributed by atoms with E-state index in [-0.39, 0.29) is 12.5 Å². The highest BCUT2D eigenvalue weighted by Crippen LogP contribution is 2.38. The average Bonchev–Trinajstić information content (AvgIpc) is 2.53. The number of hydrogen-bond donors (Lipinski definition) is 0. The van der Waals surface area contributed by atoms with E-state index < -0.39 is 22.3 Å². The van der Waals surface area contributed by atoms with Crippen LogP contribution in [0.5, 0.6) is 0 Å². The molecule has 1 fully saturated rings. The average molecular weight is 364 g/mol. The molecule has 0 bridgehead atoms. The van der Waals surface area contributed by atoms with Crippen molar-refractivity contribution in [2.75, 3.05) is 20.6 Å². The predicted molar refractivity (Wildman–Crippen MR) is 96.7 cm³/mol. The van der Waals surface area contributed by atoms with Gasteiger partial charge in [0.15, 0.2) is 0 Å². The van der Waals surface area contributed by atoms with E-state index in [0.717, 1.165) is 17.3 Å². The monoisotopic (exact) mass is 364 g/mol. The topological polar surface area (TPSA) is 66.9 Å². The van der Waals surface area contributed by atoms with Gasteiger partial charge in [-0.15, -0.1) is 11.8 Å². The summed E-state index contributed by atoms with van der Waals surface area (Å²) in [5.41, 5.74) is 0.190. The van der Waals surface area contributed by atoms with Crippen LogP contribution in [0, 0.1) is 0 Å². The van der Waals surface area contributed by atoms with E-state index in [0.29, 0.717) is 5.75 Å². The Labute approximate surface area is 152 Å². The first-order chi connectivity index (χ1) is 11.6. The Kier molecular flexibility index (Phi) is 5.46. The van der Waals surface area contributed by atoms with Crippen molar-refractivity contribution in [2.45, 2.75) is 37.0 Å². The van der Waals surface area contributed by atoms with Crippen molar-refractivity contribution in [3.05, 3.63) is 35.9 Å². The summed E-state index contributed by atoms with van der Waals surface area (Å²) in [6.45, 7) is 5.16. The molecule has 0 radical (unpaired) electrons. The quantitative estimate of drug-likeness (QED) is 0.603. The van der Waals surface area contributed by atoms with E-state index in [1.807, 2.05) is 30.3 Å². The Morgan fingerprint density at radius 2 is 1.80 bits per heavy atom. The number of ether oxygens (including phenoxy) is 1. The summed E-state index contributed by atoms with van der Waals surface area (Å²) in [5.74, 6) is -1.05. The van der Waals surface area contributed by atoms with Gasteiger partial charge < -0.3 is 14.5 Å². The Balaban J connectivity index is 2.40. The second-order valence-corrected chi connectivity index (χ2v) is 8.20. The van der Waals surface area contributed by atoms with Gasteiger partial charge >= 0.3 is 5.97 Å². The molecule has 1 aliphatic rings. The minimum Gasteiger partial charge on any atom is -0.457 e. The number of piperazine rings is 1. The highest BCUT2D eigenvalue weighted by Gasteiger charge is 2.58. The summed E-state index contributed by atoms with van der Waals surface area (Å²) >= 11 is 1.11. The number of carbonyl (C=O) groups excluding carboxylic acids is 3. The molecule has 1 unspecified atom stereocenters. The molecule has 25 heavy (non-hydrogen) atoms. The van der Waals surface area contributed by atoms with E-state index in [4.69, 9.17) is 4.74 Å². The molecule has 1 aromatic rings. The molecule has 7 heteroatoms. The van der Waals surface area contributed by atoms with Crippen LogP contribution >= 0.6 is 11.8 Å². The van der Waals surface area contributed by atoms with Crippen LogP contribution in [-0.2, 0) is 24.9 Å². The Bertz CT molecular complexity index is 671. The number of amides is 2. The smallest absolute Gasteiger partial charge is 0.353 e. The molecule has 0 spiro atoms. The van der Waals surface area contributed by atoms with E-state index in [1.54, 1.807) is 20.8 Å². The van der Waals surface area contributed by atoms with Crippen molar-refractivity contribution in [3.8, 4) is 0 Å². The highest BCUT2D eigenvalue weighted by atomic mass is 32.2. The highest BCUT2D eigenvalue weighted by molar-refractivity contribution is 8.01. The first-order valence-corrected chi connectivity index (χ1v) is 9.00. The van der Waals surface area contributed by atoms with Crippen molar-refractivity contribution in [1.29, 1.82) is 0 Å². The fourth-order valence-corrected chi connectivity index (χ4v) is 3.81. The van der Waals surface area contributed by atoms with Crippen LogP contribution in [-0.4, -0.2) is 58.7 Å². The van der Waals surface area contributed by atoms with E-state index in [9.17, 15) is 14.4 Å². The molecule has 1 aromatic carbocycles. The Morgan fingerprint density at radius 3 is 2.36 bits per heavy atom. The predicted octanol–water partition coefficient (Wildman–Crippen LogP) is 1.89. The molecule has 0 saturated carbocycles. The number of benzene rings is 1. The fraction of sp³-hybridized carbons (Fsp3) is 0.500. The Morgan fingerprint density at radius 1 is 1.20 bits per heavy atom. The lowest BCUT2D eigenvalue weighted by Crippen LogP contribution is -2.68. The number of hydrogen-bond acceptors (Lipinski definition) is 5. The normalized spacial score (nSPS) is 21.5. The molecule has 1 heterocycles. The third-order valence-corrected chi connectivity index (χ3v) is 5.33. The third kappa shape index (κ3) is 3.98. The third-order valence-electron chi connectivity index (χ3n) is 3.82. The zero-order valence-electron chi connectivity index (χ0n) is 15.2. The molecule has 6 nitrogen and oxygen atoms in total. The molecular formula is C18H24N2O4S. The molecule has 1 atom stereocenters. The number of carbonyl (C=O) groups is 3. The van der Waals surface area contributed by atoms with Gasteiger partial charge in [0.25, 0.3) is 10.8 Å². The SMILES string of the molecule is CN1CC(=O)N(C)C(SCc2ccccc2)(C(=O)OC(C)(C)C)C1=O. The summed E-state index contributed by atoms with van der Waals surface area (Å²) in [7, 11) is 3.00. The first kappa shape index (κ1) is 19.3. The fourth-order valence-electron chi connectivity index (χ4n) is 2.51. The van der Waals surface area contributed by atoms with Gasteiger partial charge in [0.1, 0.15) is 5.60 Å². The van der Waals surface area contributed by atoms with Gasteiger partial charge in [0.05, 0.1) is 6.54 Å². The van der Waals surface area contributed by atoms with Crippen molar-refractivity contribution < 1.29 is 19.1 Å². The van der Waals surface area contributed by atoms with Crippen LogP contribution in [0.3, 0.4) is 0 Å². The maximum atomic E-state index is 13.0. The van der Waals surface area contributed by atoms with Crippen molar-refractivity contribution in [2.24, 2.45) is 0 Å². The summed E-state index contributed by atoms with van der Waals surface area (Å²) in [5, 5.41) is 0. The molecule has 2 rings (SSSR count). The van der Waals surface area contributed by atoms with Crippen LogP contribution in [0.1, 0.15) is 26.3 Å². The van der Waals surface area contributed by atoms with Crippen LogP contribution < -0.4 is 0 Å². The molecule has 1 aliphatic heterocycles. The number of thioether (sulfide) groups is 1. The lowest BCUT2D eigenvalue weighted by atomic mass is 10.1. The first-order valence-electron chi connectivity index (χ1n) is 8.01. The Hall–Kier alpha value is -2.02. The zero-order valence-corrected chi connectivity index (χ0v) is 16.1. The maximum absolute atomic E-state index is 13.0. The van der Waals surface area contributed by atoms with E-state index in [2.05, 4.69) is 0 Å². The van der Waals surface area contributed by atoms with Crippen LogP contribution in [0.25, 0.3) is 0 Å². The van der Waals surface area contributed by atoms with Gasteiger partial charge in [-0.05, 0) is 26.3 Å². The van der Waals surface area contributed by atoms with Gasteiger partial charge in [-0.1, -0.05) is 30.3 Å². The number of rotatable bonds is 4. The van der Waals surface area contributed by atoms with Gasteiger partial charge in [-0.25, -0.2) is 4.79 Å². The van der Waals surface area contributed by atoms with Gasteiger partial charge in [0, 0.05) is 19.8 Å². The van der Waals surface area contributed by atoms with Crippen molar-refractivity contribution in [3.63, 3.8) is 0 Å². The van der Waals surface area contributed by atoms with Gasteiger partial charge in [0.2, 0.25) is 5.91 Å². The lowest BCUT2D eigenvalue weighted by Gasteiger charge is -2.44. The molecule has 1 saturated heterocycles. The summed E-state index contributed by atoms with van der Waals surface area (Å²) in [6, 6.07) is 9.50. The van der Waals surface area contributed by atoms with Crippen LogP contribution in [0.4, 0.5) is 0 Å². The molecule has 2 amide bonds. The maximum Gasteiger partial charge on any atom is 0.353 e. The summed E-state index contributed by atoms with van der Waals surface area (Å²) < 4.78 is 5.51. The van der Waals surface area contributed by atoms with Crippen molar-refractivity contribution in [1.82, 2.24) is 9.80 Å². The number of nitrogens with zero attached hydrogens (tertiary/aromatic N) is 2. The molecule has 0 aliphatic carbocycles. The molecule has 0 N–H and O–H groups in total.